The van der Waals surface area contributed by atoms with Gasteiger partial charge in [0.15, 0.2) is 5.78 Å². The Kier molecular flexibility index (Phi) is 11.9. The molecule has 2 aliphatic rings. The van der Waals surface area contributed by atoms with Crippen molar-refractivity contribution in [1.29, 1.82) is 0 Å². The quantitative estimate of drug-likeness (QED) is 0.138. The normalized spacial score (nSPS) is 13.7. The lowest BCUT2D eigenvalue weighted by atomic mass is 9.88. The smallest absolute Gasteiger partial charge is 0.328 e. The number of hydrogen-bond donors (Lipinski definition) is 3. The maximum absolute atomic E-state index is 12.1. The van der Waals surface area contributed by atoms with Crippen LogP contribution in [0.3, 0.4) is 0 Å². The number of phenolic OH excluding ortho intramolecular Hbond substituents is 1. The summed E-state index contributed by atoms with van der Waals surface area (Å²) < 4.78 is 4.96. The van der Waals surface area contributed by atoms with Crippen LogP contribution in [0.5, 0.6) is 11.5 Å². The van der Waals surface area contributed by atoms with Gasteiger partial charge in [0.25, 0.3) is 0 Å². The number of likely N-dealkylation sites (tertiary alicyclic amines) is 1. The van der Waals surface area contributed by atoms with E-state index in [4.69, 9.17) is 14.9 Å². The van der Waals surface area contributed by atoms with Crippen LogP contribution in [0.4, 0.5) is 0 Å². The Morgan fingerprint density at radius 1 is 0.761 bits per heavy atom. The molecule has 4 aromatic rings. The maximum atomic E-state index is 12.1. The number of carbonyl (C=O) groups is 3. The Balaban J connectivity index is 0.000000173. The van der Waals surface area contributed by atoms with Crippen LogP contribution in [0.1, 0.15) is 39.9 Å². The maximum Gasteiger partial charge on any atom is 0.328 e. The number of phenols is 1. The van der Waals surface area contributed by atoms with E-state index in [9.17, 15) is 19.5 Å². The van der Waals surface area contributed by atoms with Gasteiger partial charge in [0.2, 0.25) is 0 Å². The number of fused-ring (bicyclic) bond motifs is 2. The molecule has 0 radical (unpaired) electrons. The third-order valence-corrected chi connectivity index (χ3v) is 8.48. The van der Waals surface area contributed by atoms with Gasteiger partial charge in [0.05, 0.1) is 12.7 Å². The number of carbonyl (C=O) groups excluding carboxylic acids is 1. The van der Waals surface area contributed by atoms with Crippen molar-refractivity contribution in [3.05, 3.63) is 137 Å². The number of nitrogens with zero attached hydrogens (tertiary/aromatic N) is 1. The number of benzene rings is 4. The van der Waals surface area contributed by atoms with Crippen LogP contribution < -0.4 is 4.74 Å². The summed E-state index contributed by atoms with van der Waals surface area (Å²) in [7, 11) is 3.73. The minimum absolute atomic E-state index is 0.0711. The zero-order valence-electron chi connectivity index (χ0n) is 25.6. The van der Waals surface area contributed by atoms with E-state index in [1.807, 2.05) is 17.8 Å². The molecule has 0 spiro atoms. The van der Waals surface area contributed by atoms with Crippen molar-refractivity contribution < 1.29 is 34.4 Å². The molecular weight excluding hydrogens is 602 g/mol. The zero-order chi connectivity index (χ0) is 33.1. The van der Waals surface area contributed by atoms with Gasteiger partial charge in [-0.15, -0.1) is 0 Å². The van der Waals surface area contributed by atoms with Crippen LogP contribution >= 0.6 is 11.8 Å². The molecule has 8 nitrogen and oxygen atoms in total. The predicted molar refractivity (Wildman–Crippen MR) is 179 cm³/mol. The van der Waals surface area contributed by atoms with E-state index < -0.39 is 11.9 Å². The molecule has 2 aliphatic heterocycles. The second-order valence-electron chi connectivity index (χ2n) is 10.5. The number of rotatable bonds is 5. The van der Waals surface area contributed by atoms with Gasteiger partial charge < -0.3 is 25.0 Å². The molecule has 1 saturated heterocycles. The third kappa shape index (κ3) is 8.97. The largest absolute Gasteiger partial charge is 0.507 e. The topological polar surface area (TPSA) is 124 Å². The Morgan fingerprint density at radius 3 is 1.78 bits per heavy atom. The Labute approximate surface area is 272 Å². The van der Waals surface area contributed by atoms with Gasteiger partial charge in [0, 0.05) is 46.7 Å². The Hall–Kier alpha value is -5.12. The minimum Gasteiger partial charge on any atom is -0.507 e. The number of aromatic hydroxyl groups is 1. The lowest BCUT2D eigenvalue weighted by Crippen LogP contribution is -2.27. The standard InChI is InChI=1S/C19H19NS.C14H12O3.C4H4O4/c1-20-12-10-14(11-13-20)19-15-6-2-4-8-17(15)21-18-9-5-3-7-16(18)19;1-17-11-7-8-12(13(15)9-11)14(16)10-5-3-2-4-6-10;5-3(6)1-2-4(7)8/h2-9H,10-13H2,1H3;2-9,15H,1H3;1-2H,(H,5,6)(H,7,8). The molecule has 0 atom stereocenters. The van der Waals surface area contributed by atoms with Gasteiger partial charge in [0.1, 0.15) is 11.5 Å². The van der Waals surface area contributed by atoms with Gasteiger partial charge >= 0.3 is 11.9 Å². The van der Waals surface area contributed by atoms with Crippen molar-refractivity contribution in [3.63, 3.8) is 0 Å². The molecule has 46 heavy (non-hydrogen) atoms. The van der Waals surface area contributed by atoms with E-state index in [2.05, 4.69) is 60.5 Å². The van der Waals surface area contributed by atoms with Crippen molar-refractivity contribution in [3.8, 4) is 11.5 Å². The highest BCUT2D eigenvalue weighted by Crippen LogP contribution is 2.47. The fourth-order valence-electron chi connectivity index (χ4n) is 5.03. The molecule has 0 aromatic heterocycles. The second kappa shape index (κ2) is 16.3. The van der Waals surface area contributed by atoms with Crippen molar-refractivity contribution in [2.24, 2.45) is 0 Å². The van der Waals surface area contributed by atoms with Crippen LogP contribution in [-0.2, 0) is 9.59 Å². The van der Waals surface area contributed by atoms with E-state index in [1.54, 1.807) is 42.0 Å². The number of hydrogen-bond acceptors (Lipinski definition) is 7. The molecule has 0 aliphatic carbocycles. The zero-order valence-corrected chi connectivity index (χ0v) is 26.4. The van der Waals surface area contributed by atoms with Crippen LogP contribution in [-0.4, -0.2) is 65.2 Å². The molecule has 3 N–H and O–H groups in total. The van der Waals surface area contributed by atoms with Gasteiger partial charge in [-0.25, -0.2) is 9.59 Å². The SMILES string of the molecule is CN1CCC(=C2c3ccccc3Sc3ccccc32)CC1.COc1ccc(C(=O)c2ccccc2)c(O)c1.O=C(O)C=CC(=O)O. The summed E-state index contributed by atoms with van der Waals surface area (Å²) in [6.45, 7) is 2.35. The van der Waals surface area contributed by atoms with Crippen LogP contribution in [0.25, 0.3) is 5.57 Å². The van der Waals surface area contributed by atoms with Gasteiger partial charge in [-0.3, -0.25) is 4.79 Å². The summed E-state index contributed by atoms with van der Waals surface area (Å²) in [6, 6.07) is 31.2. The average molecular weight is 638 g/mol. The summed E-state index contributed by atoms with van der Waals surface area (Å²) in [5.41, 5.74) is 6.83. The molecule has 0 bridgehead atoms. The highest BCUT2D eigenvalue weighted by molar-refractivity contribution is 7.99. The van der Waals surface area contributed by atoms with E-state index in [-0.39, 0.29) is 17.1 Å². The number of aliphatic carboxylic acids is 2. The highest BCUT2D eigenvalue weighted by atomic mass is 32.2. The molecule has 6 rings (SSSR count). The number of carboxylic acid groups (broad SMARTS) is 2. The summed E-state index contributed by atoms with van der Waals surface area (Å²) >= 11 is 1.91. The molecule has 2 heterocycles. The number of ketones is 1. The van der Waals surface area contributed by atoms with Crippen molar-refractivity contribution in [1.82, 2.24) is 4.90 Å². The Bertz CT molecular complexity index is 1690. The molecule has 0 amide bonds. The Morgan fingerprint density at radius 2 is 1.28 bits per heavy atom. The lowest BCUT2D eigenvalue weighted by Gasteiger charge is -2.30. The molecule has 236 valence electrons. The van der Waals surface area contributed by atoms with E-state index >= 15 is 0 Å². The first-order chi connectivity index (χ1) is 22.2. The van der Waals surface area contributed by atoms with Crippen molar-refractivity contribution >= 4 is 35.1 Å². The second-order valence-corrected chi connectivity index (χ2v) is 11.5. The third-order valence-electron chi connectivity index (χ3n) is 7.33. The average Bonchev–Trinajstić information content (AvgIpc) is 3.07. The fraction of sp³-hybridized carbons (Fsp3) is 0.162. The van der Waals surface area contributed by atoms with Gasteiger partial charge in [-0.05, 0) is 60.9 Å². The molecule has 1 fully saturated rings. The minimum atomic E-state index is -1.26. The predicted octanol–water partition coefficient (Wildman–Crippen LogP) is 7.02. The number of ether oxygens (including phenoxy) is 1. The number of methoxy groups -OCH3 is 1. The van der Waals surface area contributed by atoms with E-state index in [0.717, 1.165) is 0 Å². The highest BCUT2D eigenvalue weighted by Gasteiger charge is 2.24. The molecule has 9 heteroatoms. The van der Waals surface area contributed by atoms with E-state index in [1.165, 1.54) is 65.6 Å². The monoisotopic (exact) mass is 637 g/mol. The summed E-state index contributed by atoms with van der Waals surface area (Å²) in [5.74, 6) is -2.27. The summed E-state index contributed by atoms with van der Waals surface area (Å²) in [5, 5.41) is 25.4. The van der Waals surface area contributed by atoms with Gasteiger partial charge in [-0.2, -0.15) is 0 Å². The number of carboxylic acids is 2. The molecular formula is C37H35NO7S. The number of piperidine rings is 1. The fourth-order valence-corrected chi connectivity index (χ4v) is 6.12. The molecule has 4 aromatic carbocycles. The molecule has 0 saturated carbocycles. The first-order valence-electron chi connectivity index (χ1n) is 14.6. The van der Waals surface area contributed by atoms with Crippen LogP contribution in [0.2, 0.25) is 0 Å². The van der Waals surface area contributed by atoms with Crippen LogP contribution in [0.15, 0.2) is 125 Å². The van der Waals surface area contributed by atoms with Crippen molar-refractivity contribution in [2.75, 3.05) is 27.2 Å². The molecule has 0 unspecified atom stereocenters. The first kappa shape index (κ1) is 33.8. The van der Waals surface area contributed by atoms with Gasteiger partial charge in [-0.1, -0.05) is 84.1 Å². The van der Waals surface area contributed by atoms with E-state index in [0.29, 0.717) is 23.5 Å². The van der Waals surface area contributed by atoms with Crippen LogP contribution in [0, 0.1) is 0 Å². The first-order valence-corrected chi connectivity index (χ1v) is 15.4. The van der Waals surface area contributed by atoms with Crippen molar-refractivity contribution in [2.45, 2.75) is 22.6 Å². The summed E-state index contributed by atoms with van der Waals surface area (Å²) in [6.07, 6.45) is 3.50. The summed E-state index contributed by atoms with van der Waals surface area (Å²) in [4.78, 5) is 36.4. The lowest BCUT2D eigenvalue weighted by molar-refractivity contribution is -0.134.